The molecule has 0 radical (unpaired) electrons. The van der Waals surface area contributed by atoms with Crippen molar-refractivity contribution in [1.82, 2.24) is 5.32 Å². The zero-order valence-electron chi connectivity index (χ0n) is 13.4. The van der Waals surface area contributed by atoms with Gasteiger partial charge >= 0.3 is 0 Å². The SMILES string of the molecule is CC.CCc1cccc(C(P)NCc2cc(F)cc(F)c2)c1. The Balaban J connectivity index is 0.00000116. The molecule has 0 aliphatic rings. The van der Waals surface area contributed by atoms with Crippen LogP contribution in [0.15, 0.2) is 42.5 Å². The minimum atomic E-state index is -0.546. The molecule has 22 heavy (non-hydrogen) atoms. The molecule has 0 heterocycles. The zero-order chi connectivity index (χ0) is 16.5. The van der Waals surface area contributed by atoms with Crippen LogP contribution in [0.1, 0.15) is 43.2 Å². The van der Waals surface area contributed by atoms with Crippen LogP contribution in [0.3, 0.4) is 0 Å². The van der Waals surface area contributed by atoms with Gasteiger partial charge in [0.05, 0.1) is 0 Å². The second kappa shape index (κ2) is 9.66. The highest BCUT2D eigenvalue weighted by Crippen LogP contribution is 2.22. The number of halogens is 2. The Bertz CT molecular complexity index is 567. The summed E-state index contributed by atoms with van der Waals surface area (Å²) in [5, 5.41) is 3.25. The van der Waals surface area contributed by atoms with Crippen LogP contribution in [0.2, 0.25) is 0 Å². The summed E-state index contributed by atoms with van der Waals surface area (Å²) >= 11 is 0. The van der Waals surface area contributed by atoms with Crippen LogP contribution in [0.25, 0.3) is 0 Å². The summed E-state index contributed by atoms with van der Waals surface area (Å²) in [5.74, 6) is -1.04. The number of nitrogens with one attached hydrogen (secondary N) is 1. The van der Waals surface area contributed by atoms with Gasteiger partial charge in [-0.05, 0) is 35.2 Å². The van der Waals surface area contributed by atoms with Gasteiger partial charge in [0, 0.05) is 18.4 Å². The van der Waals surface area contributed by atoms with E-state index in [-0.39, 0.29) is 5.78 Å². The van der Waals surface area contributed by atoms with Gasteiger partial charge in [0.15, 0.2) is 0 Å². The van der Waals surface area contributed by atoms with Gasteiger partial charge in [0.2, 0.25) is 0 Å². The smallest absolute Gasteiger partial charge is 0.126 e. The van der Waals surface area contributed by atoms with E-state index in [2.05, 4.69) is 33.6 Å². The summed E-state index contributed by atoms with van der Waals surface area (Å²) in [6.07, 6.45) is 0.986. The Kier molecular flexibility index (Phi) is 8.22. The Morgan fingerprint density at radius 3 is 2.23 bits per heavy atom. The van der Waals surface area contributed by atoms with Crippen molar-refractivity contribution in [3.8, 4) is 0 Å². The normalized spacial score (nSPS) is 11.5. The van der Waals surface area contributed by atoms with Crippen molar-refractivity contribution in [2.75, 3.05) is 0 Å². The highest BCUT2D eigenvalue weighted by atomic mass is 31.0. The van der Waals surface area contributed by atoms with Crippen molar-refractivity contribution < 1.29 is 8.78 Å². The number of hydrogen-bond acceptors (Lipinski definition) is 1. The summed E-state index contributed by atoms with van der Waals surface area (Å²) in [7, 11) is 2.71. The lowest BCUT2D eigenvalue weighted by Crippen LogP contribution is -2.16. The monoisotopic (exact) mass is 323 g/mol. The molecule has 0 aliphatic carbocycles. The van der Waals surface area contributed by atoms with Gasteiger partial charge in [-0.3, -0.25) is 0 Å². The van der Waals surface area contributed by atoms with Crippen LogP contribution in [0.5, 0.6) is 0 Å². The molecule has 2 unspecified atom stereocenters. The number of hydrogen-bond donors (Lipinski definition) is 1. The van der Waals surface area contributed by atoms with Crippen molar-refractivity contribution in [1.29, 1.82) is 0 Å². The van der Waals surface area contributed by atoms with Crippen molar-refractivity contribution in [3.05, 3.63) is 70.8 Å². The summed E-state index contributed by atoms with van der Waals surface area (Å²) < 4.78 is 26.2. The number of rotatable bonds is 5. The fourth-order valence-corrected chi connectivity index (χ4v) is 2.39. The molecule has 2 aromatic rings. The molecule has 0 saturated carbocycles. The molecular weight excluding hydrogens is 299 g/mol. The molecule has 0 bridgehead atoms. The maximum absolute atomic E-state index is 13.1. The zero-order valence-corrected chi connectivity index (χ0v) is 14.5. The first-order chi connectivity index (χ1) is 10.6. The summed E-state index contributed by atoms with van der Waals surface area (Å²) in [6, 6.07) is 11.8. The van der Waals surface area contributed by atoms with Crippen LogP contribution in [-0.2, 0) is 13.0 Å². The van der Waals surface area contributed by atoms with Crippen LogP contribution in [0, 0.1) is 11.6 Å². The third-order valence-electron chi connectivity index (χ3n) is 3.17. The quantitative estimate of drug-likeness (QED) is 0.744. The minimum Gasteiger partial charge on any atom is -0.303 e. The topological polar surface area (TPSA) is 12.0 Å². The first-order valence-corrected chi connectivity index (χ1v) is 8.28. The van der Waals surface area contributed by atoms with Crippen molar-refractivity contribution >= 4 is 9.24 Å². The first kappa shape index (κ1) is 18.7. The van der Waals surface area contributed by atoms with Gasteiger partial charge in [0.25, 0.3) is 0 Å². The fourth-order valence-electron chi connectivity index (χ4n) is 2.07. The molecule has 0 saturated heterocycles. The van der Waals surface area contributed by atoms with E-state index in [1.165, 1.54) is 17.7 Å². The van der Waals surface area contributed by atoms with Crippen molar-refractivity contribution in [2.45, 2.75) is 39.5 Å². The lowest BCUT2D eigenvalue weighted by molar-refractivity contribution is 0.574. The van der Waals surface area contributed by atoms with E-state index in [1.807, 2.05) is 26.0 Å². The van der Waals surface area contributed by atoms with Gasteiger partial charge in [-0.15, -0.1) is 9.24 Å². The summed E-state index contributed by atoms with van der Waals surface area (Å²) in [5.41, 5.74) is 3.02. The van der Waals surface area contributed by atoms with E-state index >= 15 is 0 Å². The van der Waals surface area contributed by atoms with Crippen LogP contribution < -0.4 is 5.32 Å². The standard InChI is InChI=1S/C16H18F2NP.C2H6/c1-2-11-4-3-5-13(6-11)16(20)19-10-12-7-14(17)9-15(18)8-12;1-2/h3-9,16,19H,2,10,20H2,1H3;1-2H3. The molecule has 2 aromatic carbocycles. The van der Waals surface area contributed by atoms with Gasteiger partial charge in [-0.25, -0.2) is 8.78 Å². The van der Waals surface area contributed by atoms with Gasteiger partial charge in [0.1, 0.15) is 11.6 Å². The predicted molar refractivity (Wildman–Crippen MR) is 92.8 cm³/mol. The molecule has 0 fully saturated rings. The lowest BCUT2D eigenvalue weighted by Gasteiger charge is -2.15. The largest absolute Gasteiger partial charge is 0.303 e. The molecule has 2 rings (SSSR count). The minimum absolute atomic E-state index is 0.0489. The van der Waals surface area contributed by atoms with E-state index in [0.717, 1.165) is 18.1 Å². The highest BCUT2D eigenvalue weighted by molar-refractivity contribution is 7.17. The molecular formula is C18H24F2NP. The summed E-state index contributed by atoms with van der Waals surface area (Å²) in [4.78, 5) is 0. The molecule has 0 aromatic heterocycles. The van der Waals surface area contributed by atoms with E-state index in [0.29, 0.717) is 12.1 Å². The average Bonchev–Trinajstić information content (AvgIpc) is 2.53. The predicted octanol–water partition coefficient (Wildman–Crippen LogP) is 5.22. The summed E-state index contributed by atoms with van der Waals surface area (Å²) in [6.45, 7) is 6.53. The Morgan fingerprint density at radius 1 is 1.00 bits per heavy atom. The van der Waals surface area contributed by atoms with Gasteiger partial charge < -0.3 is 5.32 Å². The van der Waals surface area contributed by atoms with Crippen molar-refractivity contribution in [2.24, 2.45) is 0 Å². The maximum Gasteiger partial charge on any atom is 0.126 e. The molecule has 1 nitrogen and oxygen atoms in total. The first-order valence-electron chi connectivity index (χ1n) is 7.61. The molecule has 0 spiro atoms. The lowest BCUT2D eigenvalue weighted by atomic mass is 10.1. The third kappa shape index (κ3) is 5.82. The second-order valence-corrected chi connectivity index (χ2v) is 5.40. The fraction of sp³-hybridized carbons (Fsp3) is 0.333. The van der Waals surface area contributed by atoms with Gasteiger partial charge in [-0.2, -0.15) is 0 Å². The van der Waals surface area contributed by atoms with Crippen molar-refractivity contribution in [3.63, 3.8) is 0 Å². The molecule has 120 valence electrons. The number of aryl methyl sites for hydroxylation is 1. The average molecular weight is 323 g/mol. The van der Waals surface area contributed by atoms with Crippen LogP contribution >= 0.6 is 9.24 Å². The molecule has 4 heteroatoms. The number of benzene rings is 2. The van der Waals surface area contributed by atoms with Gasteiger partial charge in [-0.1, -0.05) is 45.0 Å². The molecule has 0 aliphatic heterocycles. The van der Waals surface area contributed by atoms with E-state index in [1.54, 1.807) is 0 Å². The van der Waals surface area contributed by atoms with E-state index in [4.69, 9.17) is 0 Å². The Morgan fingerprint density at radius 2 is 1.64 bits per heavy atom. The second-order valence-electron chi connectivity index (χ2n) is 4.73. The Labute approximate surface area is 134 Å². The Hall–Kier alpha value is -1.31. The molecule has 2 atom stereocenters. The van der Waals surface area contributed by atoms with Crippen LogP contribution in [0.4, 0.5) is 8.78 Å². The van der Waals surface area contributed by atoms with Crippen LogP contribution in [-0.4, -0.2) is 0 Å². The van der Waals surface area contributed by atoms with E-state index < -0.39 is 11.6 Å². The molecule has 0 amide bonds. The highest BCUT2D eigenvalue weighted by Gasteiger charge is 2.07. The third-order valence-corrected chi connectivity index (χ3v) is 3.79. The van der Waals surface area contributed by atoms with E-state index in [9.17, 15) is 8.78 Å². The molecule has 1 N–H and O–H groups in total. The maximum atomic E-state index is 13.1.